The molecule has 140 valence electrons. The number of rotatable bonds is 6. The highest BCUT2D eigenvalue weighted by Crippen LogP contribution is 2.22. The summed E-state index contributed by atoms with van der Waals surface area (Å²) in [4.78, 5) is 26.1. The van der Waals surface area contributed by atoms with Gasteiger partial charge in [0.05, 0.1) is 5.92 Å². The summed E-state index contributed by atoms with van der Waals surface area (Å²) in [5, 5.41) is 3.42. The number of hydrogen-bond acceptors (Lipinski definition) is 4. The molecular weight excluding hydrogens is 365 g/mol. The smallest absolute Gasteiger partial charge is 0.260 e. The number of likely N-dealkylation sites (tertiary alicyclic amines) is 1. The molecule has 0 aliphatic carbocycles. The third-order valence-electron chi connectivity index (χ3n) is 4.08. The summed E-state index contributed by atoms with van der Waals surface area (Å²) in [7, 11) is 0. The molecule has 2 rings (SSSR count). The van der Waals surface area contributed by atoms with E-state index in [0.29, 0.717) is 37.0 Å². The SMILES string of the molecule is Cc1cc(Cl)ccc1OCC(=O)N1CCCC(C(=O)NCCN)C1.Cl. The molecule has 1 unspecified atom stereocenters. The highest BCUT2D eigenvalue weighted by Gasteiger charge is 2.28. The Morgan fingerprint density at radius 3 is 2.88 bits per heavy atom. The van der Waals surface area contributed by atoms with Crippen molar-refractivity contribution in [2.24, 2.45) is 11.7 Å². The van der Waals surface area contributed by atoms with Crippen molar-refractivity contribution >= 4 is 35.8 Å². The highest BCUT2D eigenvalue weighted by molar-refractivity contribution is 6.30. The minimum atomic E-state index is -0.175. The Balaban J connectivity index is 0.00000312. The maximum atomic E-state index is 12.4. The van der Waals surface area contributed by atoms with Crippen molar-refractivity contribution in [1.29, 1.82) is 0 Å². The molecule has 0 bridgehead atoms. The predicted octanol–water partition coefficient (Wildman–Crippen LogP) is 1.76. The second-order valence-electron chi connectivity index (χ2n) is 5.96. The average Bonchev–Trinajstić information content (AvgIpc) is 2.58. The van der Waals surface area contributed by atoms with Gasteiger partial charge in [-0.2, -0.15) is 0 Å². The van der Waals surface area contributed by atoms with Crippen molar-refractivity contribution in [2.45, 2.75) is 19.8 Å². The number of piperidine rings is 1. The molecule has 1 heterocycles. The van der Waals surface area contributed by atoms with Gasteiger partial charge in [0.15, 0.2) is 6.61 Å². The van der Waals surface area contributed by atoms with Crippen molar-refractivity contribution in [2.75, 3.05) is 32.8 Å². The number of halogens is 2. The van der Waals surface area contributed by atoms with Gasteiger partial charge in [-0.05, 0) is 43.5 Å². The van der Waals surface area contributed by atoms with Gasteiger partial charge in [-0.25, -0.2) is 0 Å². The minimum Gasteiger partial charge on any atom is -0.483 e. The van der Waals surface area contributed by atoms with Crippen molar-refractivity contribution in [3.63, 3.8) is 0 Å². The first-order valence-corrected chi connectivity index (χ1v) is 8.53. The van der Waals surface area contributed by atoms with Gasteiger partial charge in [-0.3, -0.25) is 9.59 Å². The zero-order chi connectivity index (χ0) is 17.5. The molecule has 1 fully saturated rings. The lowest BCUT2D eigenvalue weighted by molar-refractivity contribution is -0.137. The molecule has 2 amide bonds. The van der Waals surface area contributed by atoms with Crippen molar-refractivity contribution in [3.8, 4) is 5.75 Å². The molecule has 6 nitrogen and oxygen atoms in total. The minimum absolute atomic E-state index is 0. The van der Waals surface area contributed by atoms with Crippen LogP contribution in [-0.4, -0.2) is 49.5 Å². The van der Waals surface area contributed by atoms with Gasteiger partial charge in [0.1, 0.15) is 5.75 Å². The molecule has 1 saturated heterocycles. The van der Waals surface area contributed by atoms with Crippen LogP contribution >= 0.6 is 24.0 Å². The number of nitrogens with zero attached hydrogens (tertiary/aromatic N) is 1. The third-order valence-corrected chi connectivity index (χ3v) is 4.31. The molecule has 1 aromatic rings. The highest BCUT2D eigenvalue weighted by atomic mass is 35.5. The van der Waals surface area contributed by atoms with Crippen molar-refractivity contribution in [1.82, 2.24) is 10.2 Å². The molecule has 1 aromatic carbocycles. The lowest BCUT2D eigenvalue weighted by Crippen LogP contribution is -2.47. The van der Waals surface area contributed by atoms with Crippen LogP contribution in [0.4, 0.5) is 0 Å². The summed E-state index contributed by atoms with van der Waals surface area (Å²) >= 11 is 5.91. The first-order valence-electron chi connectivity index (χ1n) is 8.15. The van der Waals surface area contributed by atoms with Crippen LogP contribution in [0.1, 0.15) is 18.4 Å². The number of carbonyl (C=O) groups excluding carboxylic acids is 2. The van der Waals surface area contributed by atoms with Crippen LogP contribution < -0.4 is 15.8 Å². The van der Waals surface area contributed by atoms with Gasteiger partial charge in [0, 0.05) is 31.2 Å². The molecule has 1 aliphatic heterocycles. The Bertz CT molecular complexity index is 599. The molecule has 0 spiro atoms. The molecular formula is C17H25Cl2N3O3. The van der Waals surface area contributed by atoms with E-state index in [9.17, 15) is 9.59 Å². The van der Waals surface area contributed by atoms with E-state index >= 15 is 0 Å². The lowest BCUT2D eigenvalue weighted by atomic mass is 9.97. The largest absolute Gasteiger partial charge is 0.483 e. The number of hydrogen-bond donors (Lipinski definition) is 2. The second-order valence-corrected chi connectivity index (χ2v) is 6.39. The van der Waals surface area contributed by atoms with E-state index in [4.69, 9.17) is 22.1 Å². The van der Waals surface area contributed by atoms with E-state index in [1.165, 1.54) is 0 Å². The quantitative estimate of drug-likeness (QED) is 0.775. The van der Waals surface area contributed by atoms with Gasteiger partial charge in [0.2, 0.25) is 5.91 Å². The average molecular weight is 390 g/mol. The number of carbonyl (C=O) groups is 2. The molecule has 25 heavy (non-hydrogen) atoms. The number of nitrogens with two attached hydrogens (primary N) is 1. The standard InChI is InChI=1S/C17H24ClN3O3.ClH/c1-12-9-14(18)4-5-15(12)24-11-16(22)21-8-2-3-13(10-21)17(23)20-7-6-19;/h4-5,9,13H,2-3,6-8,10-11,19H2,1H3,(H,20,23);1H. The summed E-state index contributed by atoms with van der Waals surface area (Å²) in [6.07, 6.45) is 1.60. The Hall–Kier alpha value is -1.50. The van der Waals surface area contributed by atoms with Crippen LogP contribution in [0.3, 0.4) is 0 Å². The Morgan fingerprint density at radius 1 is 1.44 bits per heavy atom. The van der Waals surface area contributed by atoms with Crippen LogP contribution in [0.2, 0.25) is 5.02 Å². The number of amides is 2. The topological polar surface area (TPSA) is 84.7 Å². The predicted molar refractivity (Wildman–Crippen MR) is 100 cm³/mol. The summed E-state index contributed by atoms with van der Waals surface area (Å²) in [6.45, 7) is 3.79. The van der Waals surface area contributed by atoms with Crippen LogP contribution in [-0.2, 0) is 9.59 Å². The van der Waals surface area contributed by atoms with Crippen molar-refractivity contribution < 1.29 is 14.3 Å². The molecule has 0 saturated carbocycles. The maximum absolute atomic E-state index is 12.4. The van der Waals surface area contributed by atoms with Gasteiger partial charge >= 0.3 is 0 Å². The number of nitrogens with one attached hydrogen (secondary N) is 1. The number of aryl methyl sites for hydroxylation is 1. The second kappa shape index (κ2) is 10.5. The van der Waals surface area contributed by atoms with E-state index in [1.807, 2.05) is 6.92 Å². The Morgan fingerprint density at radius 2 is 2.20 bits per heavy atom. The maximum Gasteiger partial charge on any atom is 0.260 e. The summed E-state index contributed by atoms with van der Waals surface area (Å²) < 4.78 is 5.60. The monoisotopic (exact) mass is 389 g/mol. The fourth-order valence-corrected chi connectivity index (χ4v) is 2.99. The Kier molecular flexibility index (Phi) is 9.03. The van der Waals surface area contributed by atoms with E-state index in [1.54, 1.807) is 23.1 Å². The zero-order valence-corrected chi connectivity index (χ0v) is 15.9. The van der Waals surface area contributed by atoms with Crippen LogP contribution in [0.5, 0.6) is 5.75 Å². The van der Waals surface area contributed by atoms with Crippen LogP contribution in [0.25, 0.3) is 0 Å². The fraction of sp³-hybridized carbons (Fsp3) is 0.529. The fourth-order valence-electron chi connectivity index (χ4n) is 2.76. The molecule has 3 N–H and O–H groups in total. The number of benzene rings is 1. The van der Waals surface area contributed by atoms with Gasteiger partial charge in [-0.1, -0.05) is 11.6 Å². The van der Waals surface area contributed by atoms with E-state index < -0.39 is 0 Å². The molecule has 1 aliphatic rings. The van der Waals surface area contributed by atoms with E-state index in [-0.39, 0.29) is 36.7 Å². The third kappa shape index (κ3) is 6.38. The van der Waals surface area contributed by atoms with E-state index in [2.05, 4.69) is 5.32 Å². The van der Waals surface area contributed by atoms with Crippen LogP contribution in [0, 0.1) is 12.8 Å². The normalized spacial score (nSPS) is 16.8. The first kappa shape index (κ1) is 21.5. The Labute approximate surface area is 159 Å². The number of ether oxygens (including phenoxy) is 1. The van der Waals surface area contributed by atoms with E-state index in [0.717, 1.165) is 18.4 Å². The molecule has 1 atom stereocenters. The van der Waals surface area contributed by atoms with Crippen LogP contribution in [0.15, 0.2) is 18.2 Å². The summed E-state index contributed by atoms with van der Waals surface area (Å²) in [5.41, 5.74) is 6.28. The molecule has 0 radical (unpaired) electrons. The van der Waals surface area contributed by atoms with Crippen molar-refractivity contribution in [3.05, 3.63) is 28.8 Å². The summed E-state index contributed by atoms with van der Waals surface area (Å²) in [5.74, 6) is 0.321. The van der Waals surface area contributed by atoms with Gasteiger partial charge in [0.25, 0.3) is 5.91 Å². The lowest BCUT2D eigenvalue weighted by Gasteiger charge is -2.32. The van der Waals surface area contributed by atoms with Gasteiger partial charge < -0.3 is 20.7 Å². The summed E-state index contributed by atoms with van der Waals surface area (Å²) in [6, 6.07) is 5.28. The molecule has 8 heteroatoms. The first-order chi connectivity index (χ1) is 11.5. The van der Waals surface area contributed by atoms with Gasteiger partial charge in [-0.15, -0.1) is 12.4 Å². The zero-order valence-electron chi connectivity index (χ0n) is 14.3. The molecule has 0 aromatic heterocycles.